The molecular formula is C25H31N3O7. The van der Waals surface area contributed by atoms with Gasteiger partial charge in [-0.15, -0.1) is 0 Å². The van der Waals surface area contributed by atoms with Crippen LogP contribution >= 0.6 is 0 Å². The molecule has 0 heterocycles. The lowest BCUT2D eigenvalue weighted by Crippen LogP contribution is -2.63. The van der Waals surface area contributed by atoms with E-state index in [-0.39, 0.29) is 23.3 Å². The van der Waals surface area contributed by atoms with E-state index in [2.05, 4.69) is 0 Å². The molecule has 4 atom stereocenters. The van der Waals surface area contributed by atoms with Crippen LogP contribution in [0.5, 0.6) is 5.75 Å². The van der Waals surface area contributed by atoms with Crippen molar-refractivity contribution in [1.29, 1.82) is 0 Å². The smallest absolute Gasteiger partial charge is 0.255 e. The van der Waals surface area contributed by atoms with Gasteiger partial charge in [-0.1, -0.05) is 6.07 Å². The van der Waals surface area contributed by atoms with E-state index in [1.807, 2.05) is 19.0 Å². The molecule has 0 bridgehead atoms. The predicted molar refractivity (Wildman–Crippen MR) is 126 cm³/mol. The number of nitrogens with two attached hydrogens (primary N) is 1. The Labute approximate surface area is 202 Å². The fourth-order valence-corrected chi connectivity index (χ4v) is 5.89. The van der Waals surface area contributed by atoms with Crippen LogP contribution in [0.2, 0.25) is 0 Å². The third-order valence-electron chi connectivity index (χ3n) is 7.53. The Hall–Kier alpha value is -3.21. The molecule has 0 fully saturated rings. The number of likely N-dealkylation sites (N-methyl/N-ethyl adjacent to an activating group) is 2. The highest BCUT2D eigenvalue weighted by Crippen LogP contribution is 2.52. The number of Topliss-reactive ketones (excluding diaryl/α,β-unsaturated/α-hetero) is 2. The number of aromatic hydroxyl groups is 1. The number of phenols is 1. The molecule has 0 spiro atoms. The summed E-state index contributed by atoms with van der Waals surface area (Å²) >= 11 is 0. The quantitative estimate of drug-likeness (QED) is 0.367. The number of amides is 1. The van der Waals surface area contributed by atoms with Gasteiger partial charge in [0.15, 0.2) is 11.4 Å². The highest BCUT2D eigenvalue weighted by molar-refractivity contribution is 6.24. The largest absolute Gasteiger partial charge is 0.510 e. The number of allylic oxidation sites excluding steroid dienone is 1. The van der Waals surface area contributed by atoms with Crippen LogP contribution in [0.15, 0.2) is 34.8 Å². The molecule has 0 saturated heterocycles. The topological polar surface area (TPSA) is 165 Å². The summed E-state index contributed by atoms with van der Waals surface area (Å²) in [4.78, 5) is 42.4. The molecule has 1 amide bonds. The number of phenolic OH excluding ortho intramolecular Hbond substituents is 1. The van der Waals surface area contributed by atoms with Gasteiger partial charge in [0.25, 0.3) is 5.91 Å². The number of hydrogen-bond donors (Lipinski definition) is 5. The summed E-state index contributed by atoms with van der Waals surface area (Å²) in [6.45, 7) is 0.720. The van der Waals surface area contributed by atoms with Crippen molar-refractivity contribution in [2.75, 3.05) is 34.7 Å². The number of hydrogen-bond acceptors (Lipinski definition) is 9. The van der Waals surface area contributed by atoms with Crippen LogP contribution in [0.4, 0.5) is 0 Å². The lowest BCUT2D eigenvalue weighted by molar-refractivity contribution is -0.148. The summed E-state index contributed by atoms with van der Waals surface area (Å²) in [6.07, 6.45) is 1.01. The van der Waals surface area contributed by atoms with E-state index in [9.17, 15) is 34.8 Å². The molecule has 0 aliphatic heterocycles. The molecule has 0 aromatic heterocycles. The number of benzene rings is 1. The van der Waals surface area contributed by atoms with Gasteiger partial charge in [0.05, 0.1) is 11.6 Å². The normalized spacial score (nSPS) is 28.4. The fraction of sp³-hybridized carbons (Fsp3) is 0.480. The van der Waals surface area contributed by atoms with E-state index in [0.29, 0.717) is 18.4 Å². The van der Waals surface area contributed by atoms with Gasteiger partial charge in [-0.3, -0.25) is 19.3 Å². The standard InChI is InChI=1S/C25H31N3O7/c1-27(2)8-7-11-5-6-15(29)17-13(11)9-12-10-14-19(28(3)4)21(31)18(24(26)34)23(33)25(14,35)22(32)16(12)20(17)30/h5-6,12,14,19,29,31-32,35H,7-10H2,1-4H3,(H2,26,34). The molecule has 1 aromatic rings. The van der Waals surface area contributed by atoms with E-state index >= 15 is 0 Å². The van der Waals surface area contributed by atoms with Crippen molar-refractivity contribution >= 4 is 17.5 Å². The monoisotopic (exact) mass is 485 g/mol. The molecular weight excluding hydrogens is 454 g/mol. The highest BCUT2D eigenvalue weighted by Gasteiger charge is 2.63. The summed E-state index contributed by atoms with van der Waals surface area (Å²) in [6, 6.07) is 2.21. The molecule has 4 rings (SSSR count). The number of aliphatic hydroxyl groups excluding tert-OH is 2. The molecule has 10 nitrogen and oxygen atoms in total. The van der Waals surface area contributed by atoms with E-state index in [1.54, 1.807) is 20.2 Å². The molecule has 0 radical (unpaired) electrons. The first-order chi connectivity index (χ1) is 16.3. The van der Waals surface area contributed by atoms with Crippen molar-refractivity contribution in [2.45, 2.75) is 30.9 Å². The lowest BCUT2D eigenvalue weighted by Gasteiger charge is -2.50. The second-order valence-corrected chi connectivity index (χ2v) is 10.1. The molecule has 3 aliphatic rings. The molecule has 0 saturated carbocycles. The van der Waals surface area contributed by atoms with Gasteiger partial charge in [-0.25, -0.2) is 0 Å². The summed E-state index contributed by atoms with van der Waals surface area (Å²) in [5.41, 5.74) is 3.36. The van der Waals surface area contributed by atoms with Crippen molar-refractivity contribution in [2.24, 2.45) is 17.6 Å². The van der Waals surface area contributed by atoms with E-state index < -0.39 is 58.0 Å². The second kappa shape index (κ2) is 8.47. The molecule has 4 unspecified atom stereocenters. The minimum absolute atomic E-state index is 0.0436. The van der Waals surface area contributed by atoms with Crippen LogP contribution in [0.25, 0.3) is 0 Å². The number of ketones is 2. The van der Waals surface area contributed by atoms with Gasteiger partial charge in [0.1, 0.15) is 22.8 Å². The van der Waals surface area contributed by atoms with Gasteiger partial charge >= 0.3 is 0 Å². The number of fused-ring (bicyclic) bond motifs is 3. The summed E-state index contributed by atoms with van der Waals surface area (Å²) in [5.74, 6) is -6.43. The fourth-order valence-electron chi connectivity index (χ4n) is 5.89. The number of carbonyl (C=O) groups excluding carboxylic acids is 3. The summed E-state index contributed by atoms with van der Waals surface area (Å²) < 4.78 is 0. The first-order valence-electron chi connectivity index (χ1n) is 11.5. The Morgan fingerprint density at radius 1 is 1.14 bits per heavy atom. The van der Waals surface area contributed by atoms with Gasteiger partial charge in [0.2, 0.25) is 5.78 Å². The number of carbonyl (C=O) groups is 3. The van der Waals surface area contributed by atoms with Crippen molar-refractivity contribution in [3.63, 3.8) is 0 Å². The van der Waals surface area contributed by atoms with Crippen LogP contribution in [-0.2, 0) is 22.4 Å². The Bertz CT molecular complexity index is 1200. The van der Waals surface area contributed by atoms with E-state index in [0.717, 1.165) is 12.1 Å². The van der Waals surface area contributed by atoms with Crippen LogP contribution < -0.4 is 5.73 Å². The third kappa shape index (κ3) is 3.55. The zero-order valence-electron chi connectivity index (χ0n) is 20.2. The third-order valence-corrected chi connectivity index (χ3v) is 7.53. The van der Waals surface area contributed by atoms with Crippen LogP contribution in [0.1, 0.15) is 27.9 Å². The number of nitrogens with zero attached hydrogens (tertiary/aromatic N) is 2. The zero-order valence-corrected chi connectivity index (χ0v) is 20.2. The van der Waals surface area contributed by atoms with Crippen LogP contribution in [0.3, 0.4) is 0 Å². The van der Waals surface area contributed by atoms with Crippen LogP contribution in [0, 0.1) is 11.8 Å². The Balaban J connectivity index is 1.91. The van der Waals surface area contributed by atoms with Gasteiger partial charge in [-0.05, 0) is 70.6 Å². The molecule has 6 N–H and O–H groups in total. The molecule has 10 heteroatoms. The first-order valence-corrected chi connectivity index (χ1v) is 11.5. The molecule has 188 valence electrons. The zero-order chi connectivity index (χ0) is 26.0. The molecule has 35 heavy (non-hydrogen) atoms. The average molecular weight is 486 g/mol. The average Bonchev–Trinajstić information content (AvgIpc) is 2.75. The maximum absolute atomic E-state index is 13.6. The van der Waals surface area contributed by atoms with Crippen molar-refractivity contribution in [3.05, 3.63) is 51.5 Å². The SMILES string of the molecule is CN(C)CCc1ccc(O)c2c1CC1CC3C(N(C)C)C(O)=C(C(N)=O)C(=O)C3(O)C(O)=C1C2=O. The molecule has 3 aliphatic carbocycles. The maximum atomic E-state index is 13.6. The summed E-state index contributed by atoms with van der Waals surface area (Å²) in [5, 5.41) is 44.2. The van der Waals surface area contributed by atoms with Crippen molar-refractivity contribution in [3.8, 4) is 5.75 Å². The van der Waals surface area contributed by atoms with Crippen molar-refractivity contribution in [1.82, 2.24) is 9.80 Å². The van der Waals surface area contributed by atoms with E-state index in [4.69, 9.17) is 5.73 Å². The minimum atomic E-state index is -2.62. The first kappa shape index (κ1) is 24.9. The van der Waals surface area contributed by atoms with E-state index in [1.165, 1.54) is 11.0 Å². The number of primary amides is 1. The predicted octanol–water partition coefficient (Wildman–Crippen LogP) is 0.225. The highest BCUT2D eigenvalue weighted by atomic mass is 16.3. The van der Waals surface area contributed by atoms with Crippen molar-refractivity contribution < 1.29 is 34.8 Å². The minimum Gasteiger partial charge on any atom is -0.510 e. The Morgan fingerprint density at radius 3 is 2.37 bits per heavy atom. The maximum Gasteiger partial charge on any atom is 0.255 e. The van der Waals surface area contributed by atoms with Gasteiger partial charge in [-0.2, -0.15) is 0 Å². The molecule has 1 aromatic carbocycles. The number of rotatable bonds is 5. The number of aliphatic hydroxyl groups is 3. The van der Waals surface area contributed by atoms with Gasteiger partial charge in [0, 0.05) is 18.0 Å². The summed E-state index contributed by atoms with van der Waals surface area (Å²) in [7, 11) is 7.07. The second-order valence-electron chi connectivity index (χ2n) is 10.1. The van der Waals surface area contributed by atoms with Gasteiger partial charge < -0.3 is 31.1 Å². The Kier molecular flexibility index (Phi) is 6.03. The lowest BCUT2D eigenvalue weighted by atomic mass is 9.58. The van der Waals surface area contributed by atoms with Crippen LogP contribution in [-0.4, -0.2) is 94.1 Å². The Morgan fingerprint density at radius 2 is 1.80 bits per heavy atom.